The molecule has 0 fully saturated rings. The van der Waals surface area contributed by atoms with Gasteiger partial charge in [-0.15, -0.1) is 0 Å². The van der Waals surface area contributed by atoms with Crippen LogP contribution in [0.4, 0.5) is 0 Å². The van der Waals surface area contributed by atoms with Crippen LogP contribution in [0.25, 0.3) is 0 Å². The van der Waals surface area contributed by atoms with E-state index in [9.17, 15) is 4.79 Å². The fourth-order valence-corrected chi connectivity index (χ4v) is 1.18. The molecule has 0 aliphatic rings. The number of esters is 1. The molecule has 3 heteroatoms. The van der Waals surface area contributed by atoms with Crippen LogP contribution < -0.4 is 5.32 Å². The molecule has 0 amide bonds. The van der Waals surface area contributed by atoms with Crippen molar-refractivity contribution in [1.82, 2.24) is 5.32 Å². The molecule has 0 saturated heterocycles. The molecular formula is C11H23NO2. The first-order valence-electron chi connectivity index (χ1n) is 5.48. The highest BCUT2D eigenvalue weighted by Crippen LogP contribution is 2.02. The average molecular weight is 201 g/mol. The van der Waals surface area contributed by atoms with Crippen molar-refractivity contribution in [2.24, 2.45) is 5.92 Å². The normalized spacial score (nSPS) is 12.9. The highest BCUT2D eigenvalue weighted by atomic mass is 16.5. The Labute approximate surface area is 87.2 Å². The first-order chi connectivity index (χ1) is 6.57. The summed E-state index contributed by atoms with van der Waals surface area (Å²) in [6.45, 7) is 9.41. The minimum Gasteiger partial charge on any atom is -0.465 e. The maximum atomic E-state index is 11.2. The molecule has 0 saturated carbocycles. The minimum absolute atomic E-state index is 0.156. The largest absolute Gasteiger partial charge is 0.465 e. The number of nitrogens with one attached hydrogen (secondary N) is 1. The van der Waals surface area contributed by atoms with E-state index in [0.29, 0.717) is 6.61 Å². The van der Waals surface area contributed by atoms with Crippen molar-refractivity contribution < 1.29 is 9.53 Å². The van der Waals surface area contributed by atoms with Crippen LogP contribution in [0.2, 0.25) is 0 Å². The fourth-order valence-electron chi connectivity index (χ4n) is 1.18. The zero-order chi connectivity index (χ0) is 11.0. The Kier molecular flexibility index (Phi) is 7.48. The number of hydrogen-bond acceptors (Lipinski definition) is 3. The Morgan fingerprint density at radius 2 is 2.00 bits per heavy atom. The molecule has 0 aliphatic carbocycles. The first kappa shape index (κ1) is 13.4. The molecule has 0 rings (SSSR count). The molecular weight excluding hydrogens is 178 g/mol. The second-order valence-corrected chi connectivity index (χ2v) is 3.96. The molecule has 0 heterocycles. The van der Waals surface area contributed by atoms with Crippen LogP contribution in [0.5, 0.6) is 0 Å². The molecule has 0 aromatic rings. The Morgan fingerprint density at radius 3 is 2.50 bits per heavy atom. The number of carbonyl (C=O) groups is 1. The van der Waals surface area contributed by atoms with Gasteiger partial charge in [0.25, 0.3) is 0 Å². The zero-order valence-corrected chi connectivity index (χ0v) is 9.80. The van der Waals surface area contributed by atoms with Gasteiger partial charge in [-0.2, -0.15) is 0 Å². The summed E-state index contributed by atoms with van der Waals surface area (Å²) < 4.78 is 4.88. The molecule has 0 aromatic carbocycles. The highest BCUT2D eigenvalue weighted by molar-refractivity contribution is 5.75. The Balaban J connectivity index is 3.43. The summed E-state index contributed by atoms with van der Waals surface area (Å²) in [5.41, 5.74) is 0. The van der Waals surface area contributed by atoms with E-state index in [2.05, 4.69) is 19.2 Å². The molecule has 0 spiro atoms. The SMILES string of the molecule is CCOC(=O)C(C)NCCCC(C)C. The van der Waals surface area contributed by atoms with E-state index in [1.54, 1.807) is 0 Å². The zero-order valence-electron chi connectivity index (χ0n) is 9.80. The monoisotopic (exact) mass is 201 g/mol. The van der Waals surface area contributed by atoms with Gasteiger partial charge < -0.3 is 10.1 Å². The molecule has 1 atom stereocenters. The van der Waals surface area contributed by atoms with Crippen molar-refractivity contribution in [1.29, 1.82) is 0 Å². The molecule has 3 nitrogen and oxygen atoms in total. The molecule has 84 valence electrons. The summed E-state index contributed by atoms with van der Waals surface area (Å²) in [7, 11) is 0. The molecule has 1 N–H and O–H groups in total. The van der Waals surface area contributed by atoms with Crippen molar-refractivity contribution in [3.8, 4) is 0 Å². The third-order valence-electron chi connectivity index (χ3n) is 2.05. The van der Waals surface area contributed by atoms with Gasteiger partial charge in [-0.3, -0.25) is 4.79 Å². The van der Waals surface area contributed by atoms with Crippen LogP contribution >= 0.6 is 0 Å². The van der Waals surface area contributed by atoms with E-state index in [1.165, 1.54) is 6.42 Å². The van der Waals surface area contributed by atoms with E-state index in [1.807, 2.05) is 13.8 Å². The van der Waals surface area contributed by atoms with Crippen LogP contribution in [0.3, 0.4) is 0 Å². The lowest BCUT2D eigenvalue weighted by molar-refractivity contribution is -0.145. The molecule has 0 radical (unpaired) electrons. The van der Waals surface area contributed by atoms with Crippen LogP contribution in [0.1, 0.15) is 40.5 Å². The standard InChI is InChI=1S/C11H23NO2/c1-5-14-11(13)10(4)12-8-6-7-9(2)3/h9-10,12H,5-8H2,1-4H3. The van der Waals surface area contributed by atoms with Crippen molar-refractivity contribution in [3.05, 3.63) is 0 Å². The maximum Gasteiger partial charge on any atom is 0.322 e. The smallest absolute Gasteiger partial charge is 0.322 e. The molecule has 1 unspecified atom stereocenters. The van der Waals surface area contributed by atoms with Gasteiger partial charge in [0.05, 0.1) is 6.61 Å². The summed E-state index contributed by atoms with van der Waals surface area (Å²) in [6.07, 6.45) is 2.31. The topological polar surface area (TPSA) is 38.3 Å². The lowest BCUT2D eigenvalue weighted by Gasteiger charge is -2.12. The first-order valence-corrected chi connectivity index (χ1v) is 5.48. The Bertz CT molecular complexity index is 157. The number of hydrogen-bond donors (Lipinski definition) is 1. The molecule has 0 aromatic heterocycles. The van der Waals surface area contributed by atoms with E-state index in [4.69, 9.17) is 4.74 Å². The van der Waals surface area contributed by atoms with Gasteiger partial charge in [-0.1, -0.05) is 13.8 Å². The minimum atomic E-state index is -0.179. The van der Waals surface area contributed by atoms with Gasteiger partial charge in [0.15, 0.2) is 0 Å². The summed E-state index contributed by atoms with van der Waals surface area (Å²) in [5.74, 6) is 0.576. The number of ether oxygens (including phenoxy) is 1. The van der Waals surface area contributed by atoms with Crippen molar-refractivity contribution in [2.75, 3.05) is 13.2 Å². The lowest BCUT2D eigenvalue weighted by atomic mass is 10.1. The predicted molar refractivity (Wildman–Crippen MR) is 58.2 cm³/mol. The van der Waals surface area contributed by atoms with Crippen molar-refractivity contribution >= 4 is 5.97 Å². The van der Waals surface area contributed by atoms with Gasteiger partial charge in [0, 0.05) is 0 Å². The van der Waals surface area contributed by atoms with Crippen LogP contribution in [-0.4, -0.2) is 25.2 Å². The highest BCUT2D eigenvalue weighted by Gasteiger charge is 2.11. The van der Waals surface area contributed by atoms with Gasteiger partial charge >= 0.3 is 5.97 Å². The molecule has 14 heavy (non-hydrogen) atoms. The van der Waals surface area contributed by atoms with E-state index in [0.717, 1.165) is 18.9 Å². The Hall–Kier alpha value is -0.570. The van der Waals surface area contributed by atoms with E-state index in [-0.39, 0.29) is 12.0 Å². The Morgan fingerprint density at radius 1 is 1.36 bits per heavy atom. The van der Waals surface area contributed by atoms with Crippen LogP contribution in [0.15, 0.2) is 0 Å². The number of carbonyl (C=O) groups excluding carboxylic acids is 1. The second-order valence-electron chi connectivity index (χ2n) is 3.96. The van der Waals surface area contributed by atoms with E-state index < -0.39 is 0 Å². The van der Waals surface area contributed by atoms with Gasteiger partial charge in [0.2, 0.25) is 0 Å². The average Bonchev–Trinajstić information content (AvgIpc) is 2.12. The van der Waals surface area contributed by atoms with Crippen molar-refractivity contribution in [2.45, 2.75) is 46.6 Å². The summed E-state index contributed by atoms with van der Waals surface area (Å²) in [6, 6.07) is -0.179. The van der Waals surface area contributed by atoms with Gasteiger partial charge in [-0.25, -0.2) is 0 Å². The lowest BCUT2D eigenvalue weighted by Crippen LogP contribution is -2.36. The predicted octanol–water partition coefficient (Wildman–Crippen LogP) is 1.96. The summed E-state index contributed by atoms with van der Waals surface area (Å²) in [5, 5.41) is 3.15. The summed E-state index contributed by atoms with van der Waals surface area (Å²) >= 11 is 0. The third-order valence-corrected chi connectivity index (χ3v) is 2.05. The van der Waals surface area contributed by atoms with E-state index >= 15 is 0 Å². The molecule has 0 bridgehead atoms. The van der Waals surface area contributed by atoms with Crippen LogP contribution in [-0.2, 0) is 9.53 Å². The molecule has 0 aliphatic heterocycles. The fraction of sp³-hybridized carbons (Fsp3) is 0.909. The third kappa shape index (κ3) is 6.89. The second kappa shape index (κ2) is 7.80. The number of rotatable bonds is 7. The van der Waals surface area contributed by atoms with Gasteiger partial charge in [0.1, 0.15) is 6.04 Å². The van der Waals surface area contributed by atoms with Crippen LogP contribution in [0, 0.1) is 5.92 Å². The summed E-state index contributed by atoms with van der Waals surface area (Å²) in [4.78, 5) is 11.2. The maximum absolute atomic E-state index is 11.2. The van der Waals surface area contributed by atoms with Crippen molar-refractivity contribution in [3.63, 3.8) is 0 Å². The quantitative estimate of drug-likeness (QED) is 0.505. The van der Waals surface area contributed by atoms with Gasteiger partial charge in [-0.05, 0) is 39.2 Å².